The molecule has 0 radical (unpaired) electrons. The summed E-state index contributed by atoms with van der Waals surface area (Å²) < 4.78 is 18.4. The molecule has 0 saturated carbocycles. The summed E-state index contributed by atoms with van der Waals surface area (Å²) in [5.41, 5.74) is 1.00. The number of piperidine rings is 1. The Morgan fingerprint density at radius 2 is 1.93 bits per heavy atom. The molecule has 1 aliphatic heterocycles. The first-order valence-electron chi connectivity index (χ1n) is 9.65. The Balaban J connectivity index is 1.66. The van der Waals surface area contributed by atoms with Crippen LogP contribution in [0, 0.1) is 5.82 Å². The van der Waals surface area contributed by atoms with E-state index in [1.165, 1.54) is 12.1 Å². The van der Waals surface area contributed by atoms with Crippen LogP contribution in [0.3, 0.4) is 0 Å². The van der Waals surface area contributed by atoms with Crippen molar-refractivity contribution < 1.29 is 13.9 Å². The number of halogens is 1. The molecule has 1 N–H and O–H groups in total. The largest absolute Gasteiger partial charge is 0.444 e. The Bertz CT molecular complexity index is 788. The first kappa shape index (κ1) is 20.0. The molecule has 1 unspecified atom stereocenters. The van der Waals surface area contributed by atoms with E-state index in [2.05, 4.69) is 20.4 Å². The summed E-state index contributed by atoms with van der Waals surface area (Å²) in [6.07, 6.45) is 2.75. The highest BCUT2D eigenvalue weighted by Crippen LogP contribution is 2.24. The van der Waals surface area contributed by atoms with Gasteiger partial charge in [0.25, 0.3) is 0 Å². The van der Waals surface area contributed by atoms with Crippen LogP contribution in [-0.4, -0.2) is 41.0 Å². The maximum absolute atomic E-state index is 13.1. The third-order valence-electron chi connectivity index (χ3n) is 4.59. The maximum atomic E-state index is 13.1. The molecule has 3 rings (SSSR count). The van der Waals surface area contributed by atoms with Gasteiger partial charge in [-0.05, 0) is 76.4 Å². The molecular weight excluding hydrogens is 359 g/mol. The van der Waals surface area contributed by atoms with Gasteiger partial charge in [0.15, 0.2) is 5.82 Å². The summed E-state index contributed by atoms with van der Waals surface area (Å²) >= 11 is 0. The van der Waals surface area contributed by atoms with Crippen molar-refractivity contribution in [1.29, 1.82) is 0 Å². The minimum absolute atomic E-state index is 0.146. The Labute approximate surface area is 165 Å². The summed E-state index contributed by atoms with van der Waals surface area (Å²) in [5, 5.41) is 11.5. The molecule has 150 valence electrons. The van der Waals surface area contributed by atoms with Crippen molar-refractivity contribution >= 4 is 11.9 Å². The molecule has 0 spiro atoms. The van der Waals surface area contributed by atoms with E-state index in [0.29, 0.717) is 12.2 Å². The highest BCUT2D eigenvalue weighted by atomic mass is 19.1. The third-order valence-corrected chi connectivity index (χ3v) is 4.59. The van der Waals surface area contributed by atoms with Crippen molar-refractivity contribution in [1.82, 2.24) is 15.5 Å². The van der Waals surface area contributed by atoms with Gasteiger partial charge in [-0.15, -0.1) is 10.2 Å². The van der Waals surface area contributed by atoms with Gasteiger partial charge in [0.05, 0.1) is 5.69 Å². The van der Waals surface area contributed by atoms with Gasteiger partial charge in [-0.2, -0.15) is 0 Å². The van der Waals surface area contributed by atoms with Crippen molar-refractivity contribution in [2.24, 2.45) is 0 Å². The number of anilines is 1. The van der Waals surface area contributed by atoms with Crippen molar-refractivity contribution in [3.05, 3.63) is 42.2 Å². The van der Waals surface area contributed by atoms with E-state index in [-0.39, 0.29) is 11.9 Å². The van der Waals surface area contributed by atoms with Gasteiger partial charge in [0.2, 0.25) is 0 Å². The van der Waals surface area contributed by atoms with Crippen LogP contribution < -0.4 is 10.2 Å². The Hall–Kier alpha value is -2.70. The van der Waals surface area contributed by atoms with Gasteiger partial charge in [0, 0.05) is 24.7 Å². The lowest BCUT2D eigenvalue weighted by Gasteiger charge is -2.36. The van der Waals surface area contributed by atoms with Crippen LogP contribution >= 0.6 is 0 Å². The number of aromatic nitrogens is 2. The van der Waals surface area contributed by atoms with E-state index in [1.54, 1.807) is 12.1 Å². The Morgan fingerprint density at radius 1 is 1.18 bits per heavy atom. The lowest BCUT2D eigenvalue weighted by molar-refractivity contribution is 0.0523. The molecule has 1 fully saturated rings. The fourth-order valence-corrected chi connectivity index (χ4v) is 3.28. The van der Waals surface area contributed by atoms with Crippen molar-refractivity contribution in [3.8, 4) is 11.3 Å². The van der Waals surface area contributed by atoms with Crippen molar-refractivity contribution in [2.75, 3.05) is 18.0 Å². The molecule has 1 amide bonds. The standard InChI is InChI=1S/C21H27FN4O2/c1-21(2,3)28-20(27)23-14-17-6-4-5-13-26(17)19-12-11-18(24-25-19)15-7-9-16(22)10-8-15/h7-12,17H,4-6,13-14H2,1-3H3,(H,23,27). The number of hydrogen-bond donors (Lipinski definition) is 1. The zero-order valence-electron chi connectivity index (χ0n) is 16.6. The van der Waals surface area contributed by atoms with Crippen LogP contribution in [0.4, 0.5) is 15.0 Å². The number of hydrogen-bond acceptors (Lipinski definition) is 5. The summed E-state index contributed by atoms with van der Waals surface area (Å²) in [6.45, 7) is 6.90. The number of rotatable bonds is 4. The second-order valence-corrected chi connectivity index (χ2v) is 8.01. The summed E-state index contributed by atoms with van der Waals surface area (Å²) in [5.74, 6) is 0.503. The van der Waals surface area contributed by atoms with E-state index < -0.39 is 11.7 Å². The van der Waals surface area contributed by atoms with Gasteiger partial charge in [-0.25, -0.2) is 9.18 Å². The van der Waals surface area contributed by atoms with Crippen LogP contribution in [-0.2, 0) is 4.74 Å². The number of alkyl carbamates (subject to hydrolysis) is 1. The van der Waals surface area contributed by atoms with Crippen LogP contribution in [0.2, 0.25) is 0 Å². The van der Waals surface area contributed by atoms with Crippen LogP contribution in [0.1, 0.15) is 40.0 Å². The monoisotopic (exact) mass is 386 g/mol. The van der Waals surface area contributed by atoms with Gasteiger partial charge in [0.1, 0.15) is 11.4 Å². The quantitative estimate of drug-likeness (QED) is 0.854. The summed E-state index contributed by atoms with van der Waals surface area (Å²) in [7, 11) is 0. The molecule has 1 saturated heterocycles. The second kappa shape index (κ2) is 8.54. The van der Waals surface area contributed by atoms with Gasteiger partial charge >= 0.3 is 6.09 Å². The lowest BCUT2D eigenvalue weighted by atomic mass is 10.0. The molecular formula is C21H27FN4O2. The molecule has 0 aliphatic carbocycles. The number of carbonyl (C=O) groups is 1. The Kier molecular flexibility index (Phi) is 6.11. The van der Waals surface area contributed by atoms with Gasteiger partial charge in [-0.1, -0.05) is 0 Å². The second-order valence-electron chi connectivity index (χ2n) is 8.01. The van der Waals surface area contributed by atoms with Crippen molar-refractivity contribution in [3.63, 3.8) is 0 Å². The molecule has 1 aliphatic rings. The molecule has 1 atom stereocenters. The maximum Gasteiger partial charge on any atom is 0.407 e. The van der Waals surface area contributed by atoms with E-state index in [1.807, 2.05) is 32.9 Å². The molecule has 1 aromatic heterocycles. The average molecular weight is 386 g/mol. The molecule has 2 aromatic rings. The molecule has 7 heteroatoms. The normalized spacial score (nSPS) is 17.3. The number of amides is 1. The predicted molar refractivity (Wildman–Crippen MR) is 107 cm³/mol. The molecule has 2 heterocycles. The summed E-state index contributed by atoms with van der Waals surface area (Å²) in [4.78, 5) is 14.1. The average Bonchev–Trinajstić information content (AvgIpc) is 2.66. The zero-order valence-corrected chi connectivity index (χ0v) is 16.6. The van der Waals surface area contributed by atoms with Crippen LogP contribution in [0.15, 0.2) is 36.4 Å². The fraction of sp³-hybridized carbons (Fsp3) is 0.476. The predicted octanol–water partition coefficient (Wildman–Crippen LogP) is 4.17. The van der Waals surface area contributed by atoms with E-state index in [4.69, 9.17) is 4.74 Å². The molecule has 6 nitrogen and oxygen atoms in total. The van der Waals surface area contributed by atoms with Crippen molar-refractivity contribution in [2.45, 2.75) is 51.7 Å². The van der Waals surface area contributed by atoms with Crippen LogP contribution in [0.25, 0.3) is 11.3 Å². The smallest absolute Gasteiger partial charge is 0.407 e. The SMILES string of the molecule is CC(C)(C)OC(=O)NCC1CCCCN1c1ccc(-c2ccc(F)cc2)nn1. The third kappa shape index (κ3) is 5.41. The lowest BCUT2D eigenvalue weighted by Crippen LogP contribution is -2.48. The number of nitrogens with one attached hydrogen (secondary N) is 1. The van der Waals surface area contributed by atoms with Crippen LogP contribution in [0.5, 0.6) is 0 Å². The molecule has 1 aromatic carbocycles. The molecule has 0 bridgehead atoms. The van der Waals surface area contributed by atoms with E-state index >= 15 is 0 Å². The number of benzene rings is 1. The van der Waals surface area contributed by atoms with Gasteiger partial charge < -0.3 is 15.0 Å². The minimum atomic E-state index is -0.516. The van der Waals surface area contributed by atoms with E-state index in [9.17, 15) is 9.18 Å². The zero-order chi connectivity index (χ0) is 20.1. The fourth-order valence-electron chi connectivity index (χ4n) is 3.28. The first-order valence-corrected chi connectivity index (χ1v) is 9.65. The number of nitrogens with zero attached hydrogens (tertiary/aromatic N) is 3. The number of carbonyl (C=O) groups excluding carboxylic acids is 1. The Morgan fingerprint density at radius 3 is 2.57 bits per heavy atom. The highest BCUT2D eigenvalue weighted by Gasteiger charge is 2.25. The van der Waals surface area contributed by atoms with E-state index in [0.717, 1.165) is 37.2 Å². The minimum Gasteiger partial charge on any atom is -0.444 e. The molecule has 28 heavy (non-hydrogen) atoms. The topological polar surface area (TPSA) is 67.3 Å². The number of ether oxygens (including phenoxy) is 1. The first-order chi connectivity index (χ1) is 13.3. The summed E-state index contributed by atoms with van der Waals surface area (Å²) in [6, 6.07) is 10.2. The van der Waals surface area contributed by atoms with Gasteiger partial charge in [-0.3, -0.25) is 0 Å². The highest BCUT2D eigenvalue weighted by molar-refractivity contribution is 5.67.